The first-order valence-corrected chi connectivity index (χ1v) is 4.96. The number of pyridine rings is 1. The maximum atomic E-state index is 5.65. The molecule has 1 saturated carbocycles. The van der Waals surface area contributed by atoms with Crippen LogP contribution in [-0.2, 0) is 10.3 Å². The Morgan fingerprint density at radius 2 is 2.31 bits per heavy atom. The van der Waals surface area contributed by atoms with Crippen molar-refractivity contribution in [1.82, 2.24) is 4.98 Å². The van der Waals surface area contributed by atoms with E-state index in [4.69, 9.17) is 4.74 Å². The van der Waals surface area contributed by atoms with E-state index in [9.17, 15) is 0 Å². The summed E-state index contributed by atoms with van der Waals surface area (Å²) in [6.45, 7) is 0.906. The Balaban J connectivity index is 1.91. The van der Waals surface area contributed by atoms with Crippen LogP contribution in [0.3, 0.4) is 0 Å². The van der Waals surface area contributed by atoms with Crippen molar-refractivity contribution in [2.75, 3.05) is 6.61 Å². The summed E-state index contributed by atoms with van der Waals surface area (Å²) in [5.41, 5.74) is 1.35. The van der Waals surface area contributed by atoms with Crippen molar-refractivity contribution in [3.05, 3.63) is 30.1 Å². The van der Waals surface area contributed by atoms with Crippen LogP contribution >= 0.6 is 0 Å². The van der Waals surface area contributed by atoms with Crippen LogP contribution in [0.1, 0.15) is 24.8 Å². The molecule has 2 aliphatic rings. The van der Waals surface area contributed by atoms with Gasteiger partial charge in [0, 0.05) is 18.0 Å². The number of nitrogens with zero attached hydrogens (tertiary/aromatic N) is 1. The highest BCUT2D eigenvalue weighted by Crippen LogP contribution is 2.52. The van der Waals surface area contributed by atoms with Crippen molar-refractivity contribution in [3.8, 4) is 0 Å². The fourth-order valence-corrected chi connectivity index (χ4v) is 2.20. The Labute approximate surface area is 77.9 Å². The van der Waals surface area contributed by atoms with E-state index in [0.717, 1.165) is 12.5 Å². The Morgan fingerprint density at radius 1 is 1.46 bits per heavy atom. The normalized spacial score (nSPS) is 32.6. The lowest BCUT2D eigenvalue weighted by Gasteiger charge is -2.31. The van der Waals surface area contributed by atoms with Crippen LogP contribution in [0.5, 0.6) is 0 Å². The Morgan fingerprint density at radius 3 is 2.77 bits per heavy atom. The molecule has 0 radical (unpaired) electrons. The zero-order valence-corrected chi connectivity index (χ0v) is 7.57. The molecule has 0 bridgehead atoms. The van der Waals surface area contributed by atoms with Crippen molar-refractivity contribution in [2.45, 2.75) is 24.9 Å². The number of ether oxygens (including phenoxy) is 1. The molecule has 68 valence electrons. The van der Waals surface area contributed by atoms with Crippen molar-refractivity contribution in [2.24, 2.45) is 5.92 Å². The molecular formula is C11H13NO. The van der Waals surface area contributed by atoms with Gasteiger partial charge in [-0.05, 0) is 24.8 Å². The highest BCUT2D eigenvalue weighted by molar-refractivity contribution is 5.25. The Kier molecular flexibility index (Phi) is 1.47. The Hall–Kier alpha value is -0.890. The second-order valence-electron chi connectivity index (χ2n) is 4.05. The molecule has 0 aromatic carbocycles. The smallest absolute Gasteiger partial charge is 0.121 e. The number of epoxide rings is 1. The molecule has 2 heterocycles. The van der Waals surface area contributed by atoms with E-state index in [0.29, 0.717) is 0 Å². The van der Waals surface area contributed by atoms with Crippen LogP contribution in [0, 0.1) is 5.92 Å². The third-order valence-corrected chi connectivity index (χ3v) is 3.37. The molecule has 0 spiro atoms. The molecule has 1 aromatic heterocycles. The zero-order chi connectivity index (χ0) is 8.73. The first-order chi connectivity index (χ1) is 6.42. The van der Waals surface area contributed by atoms with Crippen LogP contribution in [0.4, 0.5) is 0 Å². The average Bonchev–Trinajstić information content (AvgIpc) is 2.85. The van der Waals surface area contributed by atoms with Gasteiger partial charge in [-0.25, -0.2) is 0 Å². The van der Waals surface area contributed by atoms with E-state index in [1.165, 1.54) is 24.8 Å². The molecular weight excluding hydrogens is 162 g/mol. The van der Waals surface area contributed by atoms with Crippen LogP contribution in [0.15, 0.2) is 24.5 Å². The van der Waals surface area contributed by atoms with Crippen molar-refractivity contribution >= 4 is 0 Å². The van der Waals surface area contributed by atoms with Gasteiger partial charge in [-0.1, -0.05) is 12.5 Å². The molecule has 1 aromatic rings. The largest absolute Gasteiger partial charge is 0.364 e. The first-order valence-electron chi connectivity index (χ1n) is 4.96. The molecule has 0 amide bonds. The third-order valence-electron chi connectivity index (χ3n) is 3.37. The maximum absolute atomic E-state index is 5.65. The van der Waals surface area contributed by atoms with Crippen LogP contribution < -0.4 is 0 Å². The second-order valence-corrected chi connectivity index (χ2v) is 4.05. The minimum Gasteiger partial charge on any atom is -0.364 e. The molecule has 2 nitrogen and oxygen atoms in total. The van der Waals surface area contributed by atoms with Gasteiger partial charge in [0.15, 0.2) is 0 Å². The predicted octanol–water partition coefficient (Wildman–Crippen LogP) is 2.11. The van der Waals surface area contributed by atoms with Gasteiger partial charge in [-0.15, -0.1) is 0 Å². The molecule has 3 rings (SSSR count). The van der Waals surface area contributed by atoms with Crippen molar-refractivity contribution < 1.29 is 4.74 Å². The van der Waals surface area contributed by atoms with Gasteiger partial charge >= 0.3 is 0 Å². The molecule has 13 heavy (non-hydrogen) atoms. The van der Waals surface area contributed by atoms with E-state index in [1.807, 2.05) is 18.5 Å². The zero-order valence-electron chi connectivity index (χ0n) is 7.57. The maximum Gasteiger partial charge on any atom is 0.121 e. The third kappa shape index (κ3) is 1.02. The summed E-state index contributed by atoms with van der Waals surface area (Å²) in [5, 5.41) is 0. The second kappa shape index (κ2) is 2.55. The summed E-state index contributed by atoms with van der Waals surface area (Å²) < 4.78 is 5.65. The fraction of sp³-hybridized carbons (Fsp3) is 0.545. The molecule has 1 atom stereocenters. The van der Waals surface area contributed by atoms with Gasteiger partial charge in [0.1, 0.15) is 5.60 Å². The van der Waals surface area contributed by atoms with Gasteiger partial charge in [-0.3, -0.25) is 4.98 Å². The molecule has 2 fully saturated rings. The van der Waals surface area contributed by atoms with Gasteiger partial charge in [-0.2, -0.15) is 0 Å². The van der Waals surface area contributed by atoms with E-state index in [2.05, 4.69) is 11.1 Å². The van der Waals surface area contributed by atoms with E-state index < -0.39 is 0 Å². The summed E-state index contributed by atoms with van der Waals surface area (Å²) in [5.74, 6) is 0.761. The number of hydrogen-bond donors (Lipinski definition) is 0. The standard InChI is InChI=1S/C11H13NO/c1-3-9(4-1)11(8-13-11)10-5-2-6-12-7-10/h2,5-7,9H,1,3-4,8H2. The molecule has 2 heteroatoms. The summed E-state index contributed by atoms with van der Waals surface area (Å²) in [4.78, 5) is 4.15. The van der Waals surface area contributed by atoms with E-state index in [-0.39, 0.29) is 5.60 Å². The van der Waals surface area contributed by atoms with Gasteiger partial charge in [0.25, 0.3) is 0 Å². The van der Waals surface area contributed by atoms with Gasteiger partial charge in [0.2, 0.25) is 0 Å². The lowest BCUT2D eigenvalue weighted by Crippen LogP contribution is -2.28. The highest BCUT2D eigenvalue weighted by Gasteiger charge is 2.54. The first kappa shape index (κ1) is 7.51. The van der Waals surface area contributed by atoms with Crippen molar-refractivity contribution in [1.29, 1.82) is 0 Å². The number of hydrogen-bond acceptors (Lipinski definition) is 2. The minimum absolute atomic E-state index is 0.0759. The molecule has 1 aliphatic heterocycles. The van der Waals surface area contributed by atoms with Crippen LogP contribution in [0.2, 0.25) is 0 Å². The number of aromatic nitrogens is 1. The van der Waals surface area contributed by atoms with Crippen LogP contribution in [0.25, 0.3) is 0 Å². The average molecular weight is 175 g/mol. The monoisotopic (exact) mass is 175 g/mol. The lowest BCUT2D eigenvalue weighted by molar-refractivity contribution is 0.142. The SMILES string of the molecule is c1cncc(C2(C3CCC3)CO2)c1. The van der Waals surface area contributed by atoms with Gasteiger partial charge < -0.3 is 4.74 Å². The topological polar surface area (TPSA) is 25.4 Å². The number of rotatable bonds is 2. The van der Waals surface area contributed by atoms with Gasteiger partial charge in [0.05, 0.1) is 6.61 Å². The molecule has 1 aliphatic carbocycles. The van der Waals surface area contributed by atoms with Crippen molar-refractivity contribution in [3.63, 3.8) is 0 Å². The quantitative estimate of drug-likeness (QED) is 0.643. The minimum atomic E-state index is 0.0759. The lowest BCUT2D eigenvalue weighted by atomic mass is 9.73. The molecule has 1 saturated heterocycles. The fourth-order valence-electron chi connectivity index (χ4n) is 2.20. The van der Waals surface area contributed by atoms with E-state index >= 15 is 0 Å². The Bertz CT molecular complexity index is 301. The summed E-state index contributed by atoms with van der Waals surface area (Å²) >= 11 is 0. The van der Waals surface area contributed by atoms with Crippen LogP contribution in [-0.4, -0.2) is 11.6 Å². The summed E-state index contributed by atoms with van der Waals surface area (Å²) in [6.07, 6.45) is 7.80. The highest BCUT2D eigenvalue weighted by atomic mass is 16.6. The molecule has 1 unspecified atom stereocenters. The van der Waals surface area contributed by atoms with E-state index in [1.54, 1.807) is 0 Å². The summed E-state index contributed by atoms with van der Waals surface area (Å²) in [6, 6.07) is 4.13. The molecule has 0 N–H and O–H groups in total. The summed E-state index contributed by atoms with van der Waals surface area (Å²) in [7, 11) is 0. The predicted molar refractivity (Wildman–Crippen MR) is 49.2 cm³/mol.